The van der Waals surface area contributed by atoms with Crippen LogP contribution in [0.25, 0.3) is 32.0 Å². The molecule has 3 atom stereocenters. The monoisotopic (exact) mass is 724 g/mol. The van der Waals surface area contributed by atoms with Gasteiger partial charge in [0.15, 0.2) is 11.6 Å². The van der Waals surface area contributed by atoms with Crippen molar-refractivity contribution < 1.29 is 27.1 Å². The molecule has 0 bridgehead atoms. The summed E-state index contributed by atoms with van der Waals surface area (Å²) < 4.78 is 55.5. The quantitative estimate of drug-likeness (QED) is 0.166. The molecule has 2 aromatic carbocycles. The van der Waals surface area contributed by atoms with Crippen molar-refractivity contribution in [2.45, 2.75) is 57.3 Å². The minimum absolute atomic E-state index is 0.00149. The van der Waals surface area contributed by atoms with Crippen molar-refractivity contribution in [1.82, 2.24) is 25.1 Å². The first kappa shape index (κ1) is 32.4. The van der Waals surface area contributed by atoms with Gasteiger partial charge in [-0.3, -0.25) is 9.78 Å². The fourth-order valence-electron chi connectivity index (χ4n) is 8.02. The van der Waals surface area contributed by atoms with E-state index >= 15 is 4.39 Å². The maximum Gasteiger partial charge on any atom is 0.434 e. The third-order valence-electron chi connectivity index (χ3n) is 10.3. The van der Waals surface area contributed by atoms with Gasteiger partial charge in [0, 0.05) is 34.7 Å². The van der Waals surface area contributed by atoms with E-state index < -0.39 is 23.8 Å². The zero-order valence-corrected chi connectivity index (χ0v) is 28.9. The lowest BCUT2D eigenvalue weighted by Gasteiger charge is -2.18. The molecule has 1 amide bonds. The van der Waals surface area contributed by atoms with Crippen molar-refractivity contribution in [1.29, 1.82) is 0 Å². The lowest BCUT2D eigenvalue weighted by Crippen LogP contribution is -2.22. The highest BCUT2D eigenvalue weighted by atomic mass is 32.1. The van der Waals surface area contributed by atoms with Crippen molar-refractivity contribution in [3.8, 4) is 27.6 Å². The van der Waals surface area contributed by atoms with E-state index in [1.165, 1.54) is 36.6 Å². The molecule has 4 aromatic heterocycles. The third-order valence-corrected chi connectivity index (χ3v) is 11.4. The summed E-state index contributed by atoms with van der Waals surface area (Å²) in [6.45, 7) is 2.44. The number of carbonyl (C=O) groups excluding carboxylic acids is 1. The van der Waals surface area contributed by atoms with E-state index in [1.54, 1.807) is 18.2 Å². The number of hydrogen-bond donors (Lipinski definition) is 2. The van der Waals surface area contributed by atoms with Gasteiger partial charge in [-0.1, -0.05) is 18.2 Å². The van der Waals surface area contributed by atoms with Crippen molar-refractivity contribution in [2.75, 3.05) is 19.0 Å². The second-order valence-electron chi connectivity index (χ2n) is 13.4. The number of carbonyl (C=O) groups is 1. The molecule has 1 fully saturated rings. The second-order valence-corrected chi connectivity index (χ2v) is 14.5. The summed E-state index contributed by atoms with van der Waals surface area (Å²) in [5.41, 5.74) is 5.30. The largest absolute Gasteiger partial charge is 0.493 e. The minimum atomic E-state index is -1.37. The Morgan fingerprint density at radius 1 is 1.06 bits per heavy atom. The summed E-state index contributed by atoms with van der Waals surface area (Å²) in [5.74, 6) is -1.32. The first-order valence-corrected chi connectivity index (χ1v) is 17.9. The van der Waals surface area contributed by atoms with Crippen LogP contribution in [-0.2, 0) is 19.3 Å². The smallest absolute Gasteiger partial charge is 0.434 e. The molecule has 0 spiro atoms. The Labute approximate surface area is 298 Å². The number of alkyl halides is 1. The molecule has 264 valence electrons. The highest BCUT2D eigenvalue weighted by Crippen LogP contribution is 2.51. The van der Waals surface area contributed by atoms with Crippen LogP contribution in [0.3, 0.4) is 0 Å². The summed E-state index contributed by atoms with van der Waals surface area (Å²) in [6.07, 6.45) is 1.14. The van der Waals surface area contributed by atoms with Crippen molar-refractivity contribution >= 4 is 33.1 Å². The molecule has 6 heterocycles. The van der Waals surface area contributed by atoms with Gasteiger partial charge in [-0.2, -0.15) is 0 Å². The van der Waals surface area contributed by atoms with Crippen molar-refractivity contribution in [3.63, 3.8) is 0 Å². The number of fused-ring (bicyclic) bond motifs is 5. The standard InChI is InChI=1S/C38H31F3N6O4S/c1-17-14-19-15-27(52-34(19)35(42-17)44-31-21-10-11-23(40)33(50-2)22(21)16-24(31)41)29-28(36-45-46-38(49)51-36)25(12-7-18-5-8-20(39)9-6-18)43-32-26-4-3-13-47(26)37(48)30(29)32/h5-6,8-11,14-15,24,26,31H,3-4,7,12-13,16H2,1-2H3,(H,42,44)(H,46,49). The van der Waals surface area contributed by atoms with Crippen LogP contribution in [0, 0.1) is 18.6 Å². The number of nitrogens with one attached hydrogen (secondary N) is 2. The topological polar surface area (TPSA) is 126 Å². The van der Waals surface area contributed by atoms with Gasteiger partial charge < -0.3 is 19.4 Å². The van der Waals surface area contributed by atoms with Crippen LogP contribution in [0.2, 0.25) is 0 Å². The van der Waals surface area contributed by atoms with E-state index in [0.717, 1.165) is 23.8 Å². The van der Waals surface area contributed by atoms with E-state index in [4.69, 9.17) is 19.1 Å². The van der Waals surface area contributed by atoms with Crippen molar-refractivity contribution in [3.05, 3.63) is 110 Å². The maximum absolute atomic E-state index is 15.7. The molecule has 3 unspecified atom stereocenters. The van der Waals surface area contributed by atoms with Crippen LogP contribution >= 0.6 is 11.3 Å². The van der Waals surface area contributed by atoms with Gasteiger partial charge >= 0.3 is 5.76 Å². The highest BCUT2D eigenvalue weighted by molar-refractivity contribution is 7.23. The first-order valence-electron chi connectivity index (χ1n) is 17.0. The third kappa shape index (κ3) is 5.18. The molecule has 3 aliphatic rings. The molecule has 0 saturated carbocycles. The minimum Gasteiger partial charge on any atom is -0.493 e. The van der Waals surface area contributed by atoms with Gasteiger partial charge in [0.25, 0.3) is 11.8 Å². The van der Waals surface area contributed by atoms with Crippen LogP contribution in [0.1, 0.15) is 69.1 Å². The van der Waals surface area contributed by atoms with E-state index in [-0.39, 0.29) is 35.8 Å². The number of benzene rings is 2. The Bertz CT molecular complexity index is 2480. The highest BCUT2D eigenvalue weighted by Gasteiger charge is 2.45. The zero-order chi connectivity index (χ0) is 35.8. The fourth-order valence-corrected chi connectivity index (χ4v) is 9.17. The van der Waals surface area contributed by atoms with E-state index in [1.807, 2.05) is 24.0 Å². The molecule has 10 nitrogen and oxygen atoms in total. The number of hydrogen-bond acceptors (Lipinski definition) is 9. The van der Waals surface area contributed by atoms with E-state index in [0.29, 0.717) is 79.7 Å². The van der Waals surface area contributed by atoms with E-state index in [2.05, 4.69) is 15.5 Å². The number of aryl methyl sites for hydroxylation is 3. The number of rotatable bonds is 8. The SMILES string of the molecule is COc1c(F)ccc2c1CC(F)C2Nc1nc(C)cc2cc(-c3c4c(nc(CCc5ccc(F)cc5)c3-c3n[nH]c(=O)o3)C3CCCN3C4=O)sc12. The number of aromatic amines is 1. The van der Waals surface area contributed by atoms with E-state index in [9.17, 15) is 18.4 Å². The number of pyridine rings is 2. The predicted molar refractivity (Wildman–Crippen MR) is 188 cm³/mol. The summed E-state index contributed by atoms with van der Waals surface area (Å²) >= 11 is 1.37. The number of nitrogens with zero attached hydrogens (tertiary/aromatic N) is 4. The average Bonchev–Trinajstić information content (AvgIpc) is 3.96. The van der Waals surface area contributed by atoms with Gasteiger partial charge in [-0.15, -0.1) is 16.4 Å². The molecule has 2 N–H and O–H groups in total. The van der Waals surface area contributed by atoms with Gasteiger partial charge in [0.2, 0.25) is 0 Å². The van der Waals surface area contributed by atoms with Crippen LogP contribution in [-0.4, -0.2) is 50.8 Å². The summed E-state index contributed by atoms with van der Waals surface area (Å²) in [6, 6.07) is 12.0. The van der Waals surface area contributed by atoms with Gasteiger partial charge in [-0.25, -0.2) is 28.0 Å². The molecule has 1 saturated heterocycles. The Hall–Kier alpha value is -5.50. The van der Waals surface area contributed by atoms with Gasteiger partial charge in [0.1, 0.15) is 17.8 Å². The van der Waals surface area contributed by atoms with Crippen LogP contribution in [0.5, 0.6) is 5.75 Å². The van der Waals surface area contributed by atoms with Crippen LogP contribution in [0.4, 0.5) is 19.0 Å². The summed E-state index contributed by atoms with van der Waals surface area (Å²) in [5, 5.41) is 10.7. The first-order chi connectivity index (χ1) is 25.2. The number of methoxy groups -OCH3 is 1. The molecule has 9 rings (SSSR count). The number of anilines is 1. The number of H-pyrrole nitrogens is 1. The normalized spacial score (nSPS) is 19.0. The lowest BCUT2D eigenvalue weighted by molar-refractivity contribution is 0.0776. The molecular weight excluding hydrogens is 694 g/mol. The summed E-state index contributed by atoms with van der Waals surface area (Å²) in [7, 11) is 1.37. The molecular formula is C38H31F3N6O4S. The van der Waals surface area contributed by atoms with Crippen LogP contribution in [0.15, 0.2) is 57.7 Å². The Balaban J connectivity index is 1.22. The molecule has 6 aromatic rings. The maximum atomic E-state index is 15.7. The number of thiophene rings is 1. The number of aromatic nitrogens is 4. The van der Waals surface area contributed by atoms with Gasteiger partial charge in [-0.05, 0) is 79.5 Å². The van der Waals surface area contributed by atoms with Gasteiger partial charge in [0.05, 0.1) is 46.4 Å². The predicted octanol–water partition coefficient (Wildman–Crippen LogP) is 7.42. The molecule has 0 radical (unpaired) electrons. The van der Waals surface area contributed by atoms with Crippen molar-refractivity contribution in [2.24, 2.45) is 0 Å². The number of amides is 1. The Morgan fingerprint density at radius 3 is 2.65 bits per heavy atom. The lowest BCUT2D eigenvalue weighted by atomic mass is 9.93. The summed E-state index contributed by atoms with van der Waals surface area (Å²) in [4.78, 5) is 39.0. The molecule has 2 aliphatic heterocycles. The Morgan fingerprint density at radius 2 is 1.88 bits per heavy atom. The fraction of sp³-hybridized carbons (Fsp3) is 0.289. The molecule has 1 aliphatic carbocycles. The van der Waals surface area contributed by atoms with Crippen LogP contribution < -0.4 is 15.8 Å². The zero-order valence-electron chi connectivity index (χ0n) is 28.1. The number of ether oxygens (including phenoxy) is 1. The molecule has 52 heavy (non-hydrogen) atoms. The Kier molecular flexibility index (Phi) is 7.68. The molecule has 14 heteroatoms. The second kappa shape index (κ2) is 12.3. The average molecular weight is 725 g/mol. The number of halogens is 3.